The minimum absolute atomic E-state index is 0.127. The van der Waals surface area contributed by atoms with Gasteiger partial charge < -0.3 is 4.90 Å². The second-order valence-corrected chi connectivity index (χ2v) is 2.86. The fraction of sp³-hybridized carbons (Fsp3) is 0.667. The van der Waals surface area contributed by atoms with Gasteiger partial charge in [0.05, 0.1) is 0 Å². The Bertz CT molecular complexity index is 140. The van der Waals surface area contributed by atoms with Crippen LogP contribution < -0.4 is 0 Å². The van der Waals surface area contributed by atoms with Crippen molar-refractivity contribution in [3.8, 4) is 0 Å². The van der Waals surface area contributed by atoms with E-state index < -0.39 is 0 Å². The molecule has 0 rings (SSSR count). The first-order valence-corrected chi connectivity index (χ1v) is 3.95. The summed E-state index contributed by atoms with van der Waals surface area (Å²) in [6.07, 6.45) is 3.48. The van der Waals surface area contributed by atoms with Gasteiger partial charge in [0.1, 0.15) is 0 Å². The van der Waals surface area contributed by atoms with Crippen LogP contribution in [0.2, 0.25) is 0 Å². The summed E-state index contributed by atoms with van der Waals surface area (Å²) >= 11 is 0. The summed E-state index contributed by atoms with van der Waals surface area (Å²) in [5.41, 5.74) is 0. The molecule has 1 atom stereocenters. The Labute approximate surface area is 68.9 Å². The molecule has 0 saturated carbocycles. The van der Waals surface area contributed by atoms with Crippen LogP contribution in [0.25, 0.3) is 0 Å². The van der Waals surface area contributed by atoms with Gasteiger partial charge in [-0.25, -0.2) is 0 Å². The predicted molar refractivity (Wildman–Crippen MR) is 47.3 cm³/mol. The van der Waals surface area contributed by atoms with E-state index in [0.29, 0.717) is 0 Å². The molecule has 0 N–H and O–H groups in total. The Hall–Kier alpha value is -0.790. The van der Waals surface area contributed by atoms with Crippen LogP contribution >= 0.6 is 0 Å². The molecule has 0 spiro atoms. The second kappa shape index (κ2) is 4.94. The molecule has 0 aromatic rings. The molecule has 0 radical (unpaired) electrons. The number of amides is 1. The van der Waals surface area contributed by atoms with Crippen LogP contribution in [-0.2, 0) is 4.79 Å². The molecule has 0 aromatic carbocycles. The first kappa shape index (κ1) is 10.2. The zero-order valence-corrected chi connectivity index (χ0v) is 7.63. The highest BCUT2D eigenvalue weighted by Gasteiger charge is 2.15. The Kier molecular flexibility index (Phi) is 4.59. The van der Waals surface area contributed by atoms with Gasteiger partial charge >= 0.3 is 0 Å². The molecule has 11 heavy (non-hydrogen) atoms. The van der Waals surface area contributed by atoms with Crippen molar-refractivity contribution in [2.75, 3.05) is 14.1 Å². The molecule has 0 heterocycles. The normalized spacial score (nSPS) is 12.3. The molecule has 2 heteroatoms. The average Bonchev–Trinajstić information content (AvgIpc) is 1.98. The molecule has 1 unspecified atom stereocenters. The molecule has 2 nitrogen and oxygen atoms in total. The molecule has 0 bridgehead atoms. The lowest BCUT2D eigenvalue weighted by Crippen LogP contribution is -2.28. The van der Waals surface area contributed by atoms with E-state index in [1.807, 2.05) is 6.92 Å². The Balaban J connectivity index is 4.02. The lowest BCUT2D eigenvalue weighted by molar-refractivity contribution is -0.132. The summed E-state index contributed by atoms with van der Waals surface area (Å²) in [6.45, 7) is 5.64. The summed E-state index contributed by atoms with van der Waals surface area (Å²) in [4.78, 5) is 13.0. The number of hydrogen-bond donors (Lipinski definition) is 0. The van der Waals surface area contributed by atoms with E-state index in [1.54, 1.807) is 25.1 Å². The van der Waals surface area contributed by atoms with E-state index >= 15 is 0 Å². The number of nitrogens with zero attached hydrogens (tertiary/aromatic N) is 1. The van der Waals surface area contributed by atoms with E-state index in [-0.39, 0.29) is 11.8 Å². The third-order valence-corrected chi connectivity index (χ3v) is 1.73. The van der Waals surface area contributed by atoms with Crippen LogP contribution in [-0.4, -0.2) is 24.9 Å². The minimum atomic E-state index is 0.127. The second-order valence-electron chi connectivity index (χ2n) is 2.86. The number of rotatable bonds is 4. The summed E-state index contributed by atoms with van der Waals surface area (Å²) in [6, 6.07) is 0. The van der Waals surface area contributed by atoms with Gasteiger partial charge in [0.15, 0.2) is 0 Å². The van der Waals surface area contributed by atoms with Gasteiger partial charge in [-0.3, -0.25) is 4.79 Å². The van der Waals surface area contributed by atoms with Crippen LogP contribution in [0.15, 0.2) is 12.7 Å². The largest absolute Gasteiger partial charge is 0.349 e. The van der Waals surface area contributed by atoms with Gasteiger partial charge in [0, 0.05) is 20.0 Å². The SMILES string of the molecule is C=CCC(CC)C(=O)N(C)C. The van der Waals surface area contributed by atoms with Crippen molar-refractivity contribution in [3.05, 3.63) is 12.7 Å². The predicted octanol–water partition coefficient (Wildman–Crippen LogP) is 1.68. The van der Waals surface area contributed by atoms with Gasteiger partial charge in [-0.05, 0) is 12.8 Å². The lowest BCUT2D eigenvalue weighted by Gasteiger charge is -2.17. The molecule has 64 valence electrons. The van der Waals surface area contributed by atoms with Crippen molar-refractivity contribution in [2.45, 2.75) is 19.8 Å². The zero-order chi connectivity index (χ0) is 8.85. The maximum absolute atomic E-state index is 11.3. The average molecular weight is 155 g/mol. The van der Waals surface area contributed by atoms with Gasteiger partial charge in [-0.1, -0.05) is 13.0 Å². The van der Waals surface area contributed by atoms with E-state index in [1.165, 1.54) is 0 Å². The summed E-state index contributed by atoms with van der Waals surface area (Å²) < 4.78 is 0. The van der Waals surface area contributed by atoms with Crippen LogP contribution in [0.3, 0.4) is 0 Å². The van der Waals surface area contributed by atoms with Crippen molar-refractivity contribution in [1.29, 1.82) is 0 Å². The molecule has 0 aliphatic carbocycles. The molecule has 0 fully saturated rings. The van der Waals surface area contributed by atoms with Gasteiger partial charge in [-0.2, -0.15) is 0 Å². The van der Waals surface area contributed by atoms with Gasteiger partial charge in [0.25, 0.3) is 0 Å². The number of carbonyl (C=O) groups is 1. The van der Waals surface area contributed by atoms with Crippen molar-refractivity contribution in [2.24, 2.45) is 5.92 Å². The lowest BCUT2D eigenvalue weighted by atomic mass is 10.0. The number of hydrogen-bond acceptors (Lipinski definition) is 1. The first-order chi connectivity index (χ1) is 5.13. The number of allylic oxidation sites excluding steroid dienone is 1. The number of carbonyl (C=O) groups excluding carboxylic acids is 1. The summed E-state index contributed by atoms with van der Waals surface area (Å²) in [7, 11) is 3.57. The van der Waals surface area contributed by atoms with Crippen molar-refractivity contribution in [1.82, 2.24) is 4.90 Å². The minimum Gasteiger partial charge on any atom is -0.349 e. The third kappa shape index (κ3) is 3.21. The highest BCUT2D eigenvalue weighted by atomic mass is 16.2. The zero-order valence-electron chi connectivity index (χ0n) is 7.63. The molecule has 0 aliphatic heterocycles. The van der Waals surface area contributed by atoms with E-state index in [4.69, 9.17) is 0 Å². The monoisotopic (exact) mass is 155 g/mol. The van der Waals surface area contributed by atoms with Crippen LogP contribution in [0.4, 0.5) is 0 Å². The highest BCUT2D eigenvalue weighted by Crippen LogP contribution is 2.10. The molecule has 1 amide bonds. The fourth-order valence-corrected chi connectivity index (χ4v) is 1.01. The molecule has 0 aliphatic rings. The van der Waals surface area contributed by atoms with Crippen LogP contribution in [0.1, 0.15) is 19.8 Å². The van der Waals surface area contributed by atoms with Crippen molar-refractivity contribution < 1.29 is 4.79 Å². The maximum Gasteiger partial charge on any atom is 0.225 e. The Morgan fingerprint density at radius 2 is 2.18 bits per heavy atom. The van der Waals surface area contributed by atoms with Crippen LogP contribution in [0, 0.1) is 5.92 Å². The van der Waals surface area contributed by atoms with E-state index in [2.05, 4.69) is 6.58 Å². The first-order valence-electron chi connectivity index (χ1n) is 3.95. The fourth-order valence-electron chi connectivity index (χ4n) is 1.01. The molecular formula is C9H17NO. The van der Waals surface area contributed by atoms with E-state index in [0.717, 1.165) is 12.8 Å². The quantitative estimate of drug-likeness (QED) is 0.566. The summed E-state index contributed by atoms with van der Waals surface area (Å²) in [5.74, 6) is 0.329. The van der Waals surface area contributed by atoms with Gasteiger partial charge in [-0.15, -0.1) is 6.58 Å². The smallest absolute Gasteiger partial charge is 0.225 e. The highest BCUT2D eigenvalue weighted by molar-refractivity contribution is 5.78. The molecule has 0 saturated heterocycles. The molecular weight excluding hydrogens is 138 g/mol. The maximum atomic E-state index is 11.3. The van der Waals surface area contributed by atoms with Crippen LogP contribution in [0.5, 0.6) is 0 Å². The Morgan fingerprint density at radius 3 is 2.45 bits per heavy atom. The summed E-state index contributed by atoms with van der Waals surface area (Å²) in [5, 5.41) is 0. The van der Waals surface area contributed by atoms with E-state index in [9.17, 15) is 4.79 Å². The molecule has 0 aromatic heterocycles. The van der Waals surface area contributed by atoms with Crippen molar-refractivity contribution >= 4 is 5.91 Å². The standard InChI is InChI=1S/C9H17NO/c1-5-7-8(6-2)9(11)10(3)4/h5,8H,1,6-7H2,2-4H3. The third-order valence-electron chi connectivity index (χ3n) is 1.73. The topological polar surface area (TPSA) is 20.3 Å². The van der Waals surface area contributed by atoms with Crippen molar-refractivity contribution in [3.63, 3.8) is 0 Å². The van der Waals surface area contributed by atoms with Gasteiger partial charge in [0.2, 0.25) is 5.91 Å². The Morgan fingerprint density at radius 1 is 1.64 bits per heavy atom.